The number of likely N-dealkylation sites (N-methyl/N-ethyl adjacent to an activating group) is 1. The Kier molecular flexibility index (Phi) is 5.22. The van der Waals surface area contributed by atoms with E-state index in [1.54, 1.807) is 0 Å². The molecular weight excluding hydrogens is 198 g/mol. The molecule has 0 aromatic carbocycles. The Labute approximate surface area is 101 Å². The lowest BCUT2D eigenvalue weighted by Gasteiger charge is -2.39. The van der Waals surface area contributed by atoms with Crippen molar-refractivity contribution in [2.24, 2.45) is 5.92 Å². The molecule has 0 aromatic heterocycles. The Morgan fingerprint density at radius 1 is 1.06 bits per heavy atom. The Morgan fingerprint density at radius 3 is 2.00 bits per heavy atom. The van der Waals surface area contributed by atoms with Crippen molar-refractivity contribution in [2.45, 2.75) is 33.2 Å². The van der Waals surface area contributed by atoms with E-state index in [-0.39, 0.29) is 5.54 Å². The van der Waals surface area contributed by atoms with Crippen LogP contribution in [0.2, 0.25) is 0 Å². The van der Waals surface area contributed by atoms with Gasteiger partial charge in [0, 0.05) is 44.8 Å². The number of nitrogens with zero attached hydrogens (tertiary/aromatic N) is 2. The molecule has 1 aliphatic rings. The van der Waals surface area contributed by atoms with Gasteiger partial charge in [-0.2, -0.15) is 0 Å². The van der Waals surface area contributed by atoms with Crippen molar-refractivity contribution in [1.82, 2.24) is 15.1 Å². The smallest absolute Gasteiger partial charge is 0.0249 e. The number of hydrogen-bond acceptors (Lipinski definition) is 3. The predicted octanol–water partition coefficient (Wildman–Crippen LogP) is 1.26. The zero-order valence-electron chi connectivity index (χ0n) is 11.7. The molecule has 1 heterocycles. The number of rotatable bonds is 5. The first kappa shape index (κ1) is 13.9. The van der Waals surface area contributed by atoms with Crippen LogP contribution in [-0.2, 0) is 0 Å². The molecule has 16 heavy (non-hydrogen) atoms. The molecule has 0 radical (unpaired) electrons. The van der Waals surface area contributed by atoms with Crippen LogP contribution in [0.3, 0.4) is 0 Å². The molecule has 96 valence electrons. The Balaban J connectivity index is 2.27. The van der Waals surface area contributed by atoms with E-state index in [1.165, 1.54) is 32.7 Å². The Morgan fingerprint density at radius 2 is 1.56 bits per heavy atom. The fourth-order valence-electron chi connectivity index (χ4n) is 2.28. The minimum absolute atomic E-state index is 0.236. The molecule has 1 rings (SSSR count). The zero-order chi connectivity index (χ0) is 12.2. The lowest BCUT2D eigenvalue weighted by atomic mass is 10.0. The second-order valence-electron chi connectivity index (χ2n) is 6.10. The lowest BCUT2D eigenvalue weighted by Crippen LogP contribution is -2.54. The average Bonchev–Trinajstić information content (AvgIpc) is 2.20. The van der Waals surface area contributed by atoms with Gasteiger partial charge in [0.05, 0.1) is 0 Å². The second kappa shape index (κ2) is 5.99. The Hall–Kier alpha value is -0.120. The SMILES string of the molecule is CNC(C)(C)CN1CCN(CC(C)C)CC1. The van der Waals surface area contributed by atoms with Gasteiger partial charge >= 0.3 is 0 Å². The van der Waals surface area contributed by atoms with Crippen molar-refractivity contribution in [2.75, 3.05) is 46.3 Å². The summed E-state index contributed by atoms with van der Waals surface area (Å²) in [5.41, 5.74) is 0.236. The molecule has 0 amide bonds. The normalized spacial score (nSPS) is 20.6. The number of piperazine rings is 1. The molecule has 1 fully saturated rings. The van der Waals surface area contributed by atoms with Crippen LogP contribution in [0.25, 0.3) is 0 Å². The molecule has 0 unspecified atom stereocenters. The third kappa shape index (κ3) is 4.81. The molecule has 1 N–H and O–H groups in total. The first-order valence-corrected chi connectivity index (χ1v) is 6.56. The van der Waals surface area contributed by atoms with Crippen molar-refractivity contribution in [3.05, 3.63) is 0 Å². The van der Waals surface area contributed by atoms with Gasteiger partial charge in [-0.25, -0.2) is 0 Å². The highest BCUT2D eigenvalue weighted by Crippen LogP contribution is 2.09. The van der Waals surface area contributed by atoms with Gasteiger partial charge in [0.25, 0.3) is 0 Å². The van der Waals surface area contributed by atoms with Gasteiger partial charge in [0.15, 0.2) is 0 Å². The minimum atomic E-state index is 0.236. The summed E-state index contributed by atoms with van der Waals surface area (Å²) >= 11 is 0. The van der Waals surface area contributed by atoms with Gasteiger partial charge in [0.1, 0.15) is 0 Å². The van der Waals surface area contributed by atoms with E-state index >= 15 is 0 Å². The molecule has 3 heteroatoms. The van der Waals surface area contributed by atoms with E-state index in [2.05, 4.69) is 49.9 Å². The molecule has 1 saturated heterocycles. The van der Waals surface area contributed by atoms with E-state index in [0.717, 1.165) is 12.5 Å². The summed E-state index contributed by atoms with van der Waals surface area (Å²) in [5.74, 6) is 0.792. The maximum Gasteiger partial charge on any atom is 0.0249 e. The average molecular weight is 227 g/mol. The summed E-state index contributed by atoms with van der Waals surface area (Å²) in [4.78, 5) is 5.17. The van der Waals surface area contributed by atoms with Crippen molar-refractivity contribution in [3.63, 3.8) is 0 Å². The summed E-state index contributed by atoms with van der Waals surface area (Å²) < 4.78 is 0. The van der Waals surface area contributed by atoms with Gasteiger partial charge in [-0.15, -0.1) is 0 Å². The standard InChI is InChI=1S/C13H29N3/c1-12(2)10-15-6-8-16(9-7-15)11-13(3,4)14-5/h12,14H,6-11H2,1-5H3. The third-order valence-corrected chi connectivity index (χ3v) is 3.38. The summed E-state index contributed by atoms with van der Waals surface area (Å²) in [5, 5.41) is 3.38. The molecule has 0 spiro atoms. The van der Waals surface area contributed by atoms with Crippen LogP contribution >= 0.6 is 0 Å². The number of hydrogen-bond donors (Lipinski definition) is 1. The second-order valence-corrected chi connectivity index (χ2v) is 6.10. The first-order chi connectivity index (χ1) is 7.43. The van der Waals surface area contributed by atoms with Crippen molar-refractivity contribution in [1.29, 1.82) is 0 Å². The number of nitrogens with one attached hydrogen (secondary N) is 1. The molecule has 0 aliphatic carbocycles. The van der Waals surface area contributed by atoms with Gasteiger partial charge < -0.3 is 10.2 Å². The van der Waals surface area contributed by atoms with Crippen molar-refractivity contribution >= 4 is 0 Å². The summed E-state index contributed by atoms with van der Waals surface area (Å²) in [6.07, 6.45) is 0. The van der Waals surface area contributed by atoms with Crippen LogP contribution in [0.1, 0.15) is 27.7 Å². The minimum Gasteiger partial charge on any atom is -0.314 e. The molecule has 0 bridgehead atoms. The fourth-order valence-corrected chi connectivity index (χ4v) is 2.28. The monoisotopic (exact) mass is 227 g/mol. The summed E-state index contributed by atoms with van der Waals surface area (Å²) in [6.45, 7) is 16.5. The largest absolute Gasteiger partial charge is 0.314 e. The first-order valence-electron chi connectivity index (χ1n) is 6.56. The van der Waals surface area contributed by atoms with Gasteiger partial charge in [0.2, 0.25) is 0 Å². The van der Waals surface area contributed by atoms with Crippen LogP contribution in [-0.4, -0.2) is 61.7 Å². The molecular formula is C13H29N3. The van der Waals surface area contributed by atoms with Crippen molar-refractivity contribution in [3.8, 4) is 0 Å². The molecule has 0 atom stereocenters. The van der Waals surface area contributed by atoms with Crippen LogP contribution in [0.4, 0.5) is 0 Å². The van der Waals surface area contributed by atoms with E-state index < -0.39 is 0 Å². The maximum absolute atomic E-state index is 3.38. The van der Waals surface area contributed by atoms with Crippen LogP contribution in [0.15, 0.2) is 0 Å². The predicted molar refractivity (Wildman–Crippen MR) is 70.9 cm³/mol. The highest BCUT2D eigenvalue weighted by atomic mass is 15.3. The fraction of sp³-hybridized carbons (Fsp3) is 1.00. The lowest BCUT2D eigenvalue weighted by molar-refractivity contribution is 0.102. The molecule has 0 aromatic rings. The zero-order valence-corrected chi connectivity index (χ0v) is 11.7. The maximum atomic E-state index is 3.38. The summed E-state index contributed by atoms with van der Waals surface area (Å²) in [7, 11) is 2.05. The quantitative estimate of drug-likeness (QED) is 0.763. The van der Waals surface area contributed by atoms with Crippen LogP contribution < -0.4 is 5.32 Å². The van der Waals surface area contributed by atoms with Gasteiger partial charge in [-0.3, -0.25) is 4.90 Å². The van der Waals surface area contributed by atoms with E-state index in [0.29, 0.717) is 0 Å². The summed E-state index contributed by atoms with van der Waals surface area (Å²) in [6, 6.07) is 0. The Bertz CT molecular complexity index is 193. The topological polar surface area (TPSA) is 18.5 Å². The van der Waals surface area contributed by atoms with E-state index in [9.17, 15) is 0 Å². The van der Waals surface area contributed by atoms with Crippen LogP contribution in [0, 0.1) is 5.92 Å². The highest BCUT2D eigenvalue weighted by Gasteiger charge is 2.23. The van der Waals surface area contributed by atoms with Crippen LogP contribution in [0.5, 0.6) is 0 Å². The van der Waals surface area contributed by atoms with Crippen molar-refractivity contribution < 1.29 is 0 Å². The molecule has 3 nitrogen and oxygen atoms in total. The third-order valence-electron chi connectivity index (χ3n) is 3.38. The van der Waals surface area contributed by atoms with E-state index in [4.69, 9.17) is 0 Å². The van der Waals surface area contributed by atoms with Gasteiger partial charge in [-0.05, 0) is 26.8 Å². The molecule has 1 aliphatic heterocycles. The van der Waals surface area contributed by atoms with E-state index in [1.807, 2.05) is 0 Å². The molecule has 0 saturated carbocycles. The highest BCUT2D eigenvalue weighted by molar-refractivity contribution is 4.83. The van der Waals surface area contributed by atoms with Gasteiger partial charge in [-0.1, -0.05) is 13.8 Å².